The number of aromatic amines is 1. The number of hydrogen-bond donors (Lipinski definition) is 1. The van der Waals surface area contributed by atoms with Crippen molar-refractivity contribution >= 4 is 37.7 Å². The highest BCUT2D eigenvalue weighted by atomic mass is 79.9. The van der Waals surface area contributed by atoms with E-state index in [-0.39, 0.29) is 5.56 Å². The standard InChI is InChI=1S/C8H11Br2N3O/c1-5(9)3-13(2)7-6(10)8(14)12-4-11-7/h4-5H,3H2,1-2H3,(H,11,12,14). The first kappa shape index (κ1) is 11.7. The molecular weight excluding hydrogens is 314 g/mol. The van der Waals surface area contributed by atoms with Crippen LogP contribution in [0.25, 0.3) is 0 Å². The largest absolute Gasteiger partial charge is 0.357 e. The van der Waals surface area contributed by atoms with E-state index in [0.717, 1.165) is 6.54 Å². The Labute approximate surface area is 99.0 Å². The predicted octanol–water partition coefficient (Wildman–Crippen LogP) is 1.75. The van der Waals surface area contributed by atoms with Gasteiger partial charge in [0.1, 0.15) is 10.3 Å². The van der Waals surface area contributed by atoms with Crippen molar-refractivity contribution in [2.75, 3.05) is 18.5 Å². The minimum absolute atomic E-state index is 0.163. The summed E-state index contributed by atoms with van der Waals surface area (Å²) in [5.41, 5.74) is -0.163. The summed E-state index contributed by atoms with van der Waals surface area (Å²) in [6.07, 6.45) is 1.40. The third-order valence-corrected chi connectivity index (χ3v) is 2.67. The summed E-state index contributed by atoms with van der Waals surface area (Å²) in [4.78, 5) is 20.1. The van der Waals surface area contributed by atoms with Crippen LogP contribution in [0, 0.1) is 0 Å². The van der Waals surface area contributed by atoms with Crippen molar-refractivity contribution in [1.29, 1.82) is 0 Å². The van der Waals surface area contributed by atoms with Gasteiger partial charge in [-0.2, -0.15) is 0 Å². The lowest BCUT2D eigenvalue weighted by molar-refractivity contribution is 0.849. The van der Waals surface area contributed by atoms with Gasteiger partial charge in [0.2, 0.25) is 0 Å². The number of halogens is 2. The highest BCUT2D eigenvalue weighted by Gasteiger charge is 2.11. The number of nitrogens with one attached hydrogen (secondary N) is 1. The van der Waals surface area contributed by atoms with Crippen molar-refractivity contribution in [2.45, 2.75) is 11.8 Å². The van der Waals surface area contributed by atoms with Gasteiger partial charge in [0.05, 0.1) is 6.33 Å². The summed E-state index contributed by atoms with van der Waals surface area (Å²) < 4.78 is 0.468. The molecule has 78 valence electrons. The highest BCUT2D eigenvalue weighted by molar-refractivity contribution is 9.10. The van der Waals surface area contributed by atoms with Crippen LogP contribution < -0.4 is 10.5 Å². The predicted molar refractivity (Wildman–Crippen MR) is 64.2 cm³/mol. The molecule has 0 saturated heterocycles. The van der Waals surface area contributed by atoms with Gasteiger partial charge in [-0.15, -0.1) is 0 Å². The van der Waals surface area contributed by atoms with Crippen LogP contribution in [-0.2, 0) is 0 Å². The molecule has 1 aromatic rings. The van der Waals surface area contributed by atoms with E-state index in [1.807, 2.05) is 18.9 Å². The normalized spacial score (nSPS) is 12.6. The minimum Gasteiger partial charge on any atom is -0.357 e. The zero-order valence-corrected chi connectivity index (χ0v) is 11.1. The van der Waals surface area contributed by atoms with Crippen LogP contribution in [-0.4, -0.2) is 28.4 Å². The van der Waals surface area contributed by atoms with Gasteiger partial charge >= 0.3 is 0 Å². The zero-order valence-electron chi connectivity index (χ0n) is 7.92. The van der Waals surface area contributed by atoms with Crippen molar-refractivity contribution in [3.8, 4) is 0 Å². The van der Waals surface area contributed by atoms with Crippen molar-refractivity contribution in [1.82, 2.24) is 9.97 Å². The van der Waals surface area contributed by atoms with Gasteiger partial charge in [-0.3, -0.25) is 4.79 Å². The SMILES string of the molecule is CC(Br)CN(C)c1nc[nH]c(=O)c1Br. The van der Waals surface area contributed by atoms with E-state index in [1.165, 1.54) is 6.33 Å². The van der Waals surface area contributed by atoms with Crippen LogP contribution in [0.2, 0.25) is 0 Å². The fourth-order valence-electron chi connectivity index (χ4n) is 1.10. The highest BCUT2D eigenvalue weighted by Crippen LogP contribution is 2.18. The van der Waals surface area contributed by atoms with E-state index in [0.29, 0.717) is 15.1 Å². The Hall–Kier alpha value is -0.360. The van der Waals surface area contributed by atoms with Crippen LogP contribution in [0.4, 0.5) is 5.82 Å². The summed E-state index contributed by atoms with van der Waals surface area (Å²) in [6, 6.07) is 0. The molecule has 0 bridgehead atoms. The number of anilines is 1. The second-order valence-electron chi connectivity index (χ2n) is 3.03. The van der Waals surface area contributed by atoms with Gasteiger partial charge in [0, 0.05) is 18.4 Å². The van der Waals surface area contributed by atoms with E-state index < -0.39 is 0 Å². The van der Waals surface area contributed by atoms with Crippen LogP contribution in [0.3, 0.4) is 0 Å². The van der Waals surface area contributed by atoms with Gasteiger partial charge in [-0.05, 0) is 15.9 Å². The molecule has 0 aliphatic rings. The maximum absolute atomic E-state index is 11.2. The van der Waals surface area contributed by atoms with Gasteiger partial charge < -0.3 is 9.88 Å². The average molecular weight is 325 g/mol. The van der Waals surface area contributed by atoms with Crippen LogP contribution in [0.15, 0.2) is 15.6 Å². The first-order valence-corrected chi connectivity index (χ1v) is 5.81. The summed E-state index contributed by atoms with van der Waals surface area (Å²) >= 11 is 6.65. The van der Waals surface area contributed by atoms with Crippen LogP contribution in [0.5, 0.6) is 0 Å². The number of rotatable bonds is 3. The number of hydrogen-bond acceptors (Lipinski definition) is 3. The lowest BCUT2D eigenvalue weighted by atomic mass is 10.4. The molecule has 1 atom stereocenters. The molecule has 0 saturated carbocycles. The lowest BCUT2D eigenvalue weighted by Crippen LogP contribution is -2.27. The molecule has 6 heteroatoms. The minimum atomic E-state index is -0.163. The fraction of sp³-hybridized carbons (Fsp3) is 0.500. The third kappa shape index (κ3) is 2.81. The molecule has 1 N–H and O–H groups in total. The Morgan fingerprint density at radius 2 is 2.36 bits per heavy atom. The molecule has 1 rings (SSSR count). The first-order chi connectivity index (χ1) is 6.52. The molecule has 1 unspecified atom stereocenters. The Bertz CT molecular complexity index is 364. The molecule has 4 nitrogen and oxygen atoms in total. The molecule has 14 heavy (non-hydrogen) atoms. The molecule has 0 fully saturated rings. The third-order valence-electron chi connectivity index (χ3n) is 1.67. The summed E-state index contributed by atoms with van der Waals surface area (Å²) in [6.45, 7) is 2.83. The zero-order chi connectivity index (χ0) is 10.7. The Morgan fingerprint density at radius 1 is 1.71 bits per heavy atom. The number of nitrogens with zero attached hydrogens (tertiary/aromatic N) is 2. The van der Waals surface area contributed by atoms with Gasteiger partial charge in [-0.1, -0.05) is 22.9 Å². The molecule has 0 aromatic carbocycles. The summed E-state index contributed by atoms with van der Waals surface area (Å²) in [7, 11) is 1.89. The molecule has 0 aliphatic carbocycles. The van der Waals surface area contributed by atoms with E-state index >= 15 is 0 Å². The van der Waals surface area contributed by atoms with Crippen molar-refractivity contribution < 1.29 is 0 Å². The molecular formula is C8H11Br2N3O. The summed E-state index contributed by atoms with van der Waals surface area (Å²) in [5, 5.41) is 0. The topological polar surface area (TPSA) is 49.0 Å². The lowest BCUT2D eigenvalue weighted by Gasteiger charge is -2.19. The van der Waals surface area contributed by atoms with Gasteiger partial charge in [0.25, 0.3) is 5.56 Å². The van der Waals surface area contributed by atoms with Crippen molar-refractivity contribution in [2.24, 2.45) is 0 Å². The monoisotopic (exact) mass is 323 g/mol. The van der Waals surface area contributed by atoms with Crippen molar-refractivity contribution in [3.05, 3.63) is 21.2 Å². The molecule has 1 aromatic heterocycles. The van der Waals surface area contributed by atoms with E-state index in [2.05, 4.69) is 41.8 Å². The molecule has 0 radical (unpaired) electrons. The second-order valence-corrected chi connectivity index (χ2v) is 5.39. The van der Waals surface area contributed by atoms with E-state index in [9.17, 15) is 4.79 Å². The first-order valence-electron chi connectivity index (χ1n) is 4.10. The van der Waals surface area contributed by atoms with E-state index in [4.69, 9.17) is 0 Å². The fourth-order valence-corrected chi connectivity index (χ4v) is 2.06. The smallest absolute Gasteiger partial charge is 0.267 e. The maximum Gasteiger partial charge on any atom is 0.267 e. The Morgan fingerprint density at radius 3 is 2.93 bits per heavy atom. The average Bonchev–Trinajstić information content (AvgIpc) is 2.08. The Kier molecular flexibility index (Phi) is 4.12. The van der Waals surface area contributed by atoms with Crippen molar-refractivity contribution in [3.63, 3.8) is 0 Å². The number of H-pyrrole nitrogens is 1. The van der Waals surface area contributed by atoms with Gasteiger partial charge in [-0.25, -0.2) is 4.98 Å². The molecule has 0 spiro atoms. The number of aromatic nitrogens is 2. The number of alkyl halides is 1. The molecule has 0 amide bonds. The quantitative estimate of drug-likeness (QED) is 0.862. The Balaban J connectivity index is 2.95. The van der Waals surface area contributed by atoms with Crippen LogP contribution >= 0.6 is 31.9 Å². The van der Waals surface area contributed by atoms with Gasteiger partial charge in [0.15, 0.2) is 0 Å². The maximum atomic E-state index is 11.2. The second kappa shape index (κ2) is 4.93. The van der Waals surface area contributed by atoms with Crippen LogP contribution in [0.1, 0.15) is 6.92 Å². The molecule has 0 aliphatic heterocycles. The van der Waals surface area contributed by atoms with E-state index in [1.54, 1.807) is 0 Å². The molecule has 1 heterocycles. The summed E-state index contributed by atoms with van der Waals surface area (Å²) in [5.74, 6) is 0.653.